The van der Waals surface area contributed by atoms with Crippen LogP contribution in [0.5, 0.6) is 0 Å². The molecule has 0 radical (unpaired) electrons. The monoisotopic (exact) mass is 148 g/mol. The highest BCUT2D eigenvalue weighted by atomic mass is 16.4. The Kier molecular flexibility index (Phi) is 1.06. The van der Waals surface area contributed by atoms with Crippen LogP contribution in [0.15, 0.2) is 38.3 Å². The Morgan fingerprint density at radius 3 is 1.55 bits per heavy atom. The van der Waals surface area contributed by atoms with E-state index in [1.54, 1.807) is 24.3 Å². The van der Waals surface area contributed by atoms with Crippen LogP contribution in [0.1, 0.15) is 0 Å². The number of hydrogen-bond donors (Lipinski definition) is 0. The Bertz CT molecular complexity index is 419. The molecule has 3 nitrogen and oxygen atoms in total. The Labute approximate surface area is 61.2 Å². The number of hydrogen-bond acceptors (Lipinski definition) is 3. The van der Waals surface area contributed by atoms with Crippen molar-refractivity contribution in [1.82, 2.24) is 0 Å². The average molecular weight is 148 g/mol. The summed E-state index contributed by atoms with van der Waals surface area (Å²) in [6.45, 7) is 0. The van der Waals surface area contributed by atoms with E-state index in [0.717, 1.165) is 0 Å². The summed E-state index contributed by atoms with van der Waals surface area (Å²) in [6.07, 6.45) is 0. The van der Waals surface area contributed by atoms with Crippen molar-refractivity contribution in [2.45, 2.75) is 0 Å². The lowest BCUT2D eigenvalue weighted by molar-refractivity contribution is 0.492. The number of benzene rings is 1. The number of rotatable bonds is 0. The topological polar surface area (TPSA) is 47.3 Å². The van der Waals surface area contributed by atoms with Crippen molar-refractivity contribution < 1.29 is 4.42 Å². The molecule has 54 valence electrons. The van der Waals surface area contributed by atoms with Gasteiger partial charge in [-0.3, -0.25) is 0 Å². The van der Waals surface area contributed by atoms with E-state index in [4.69, 9.17) is 0 Å². The van der Waals surface area contributed by atoms with Gasteiger partial charge in [0.2, 0.25) is 0 Å². The fourth-order valence-electron chi connectivity index (χ4n) is 0.944. The molecule has 0 unspecified atom stereocenters. The third-order valence-electron chi connectivity index (χ3n) is 1.54. The van der Waals surface area contributed by atoms with E-state index in [9.17, 15) is 9.59 Å². The summed E-state index contributed by atoms with van der Waals surface area (Å²) in [4.78, 5) is 21.8. The molecule has 0 saturated carbocycles. The maximum Gasteiger partial charge on any atom is 0.346 e. The summed E-state index contributed by atoms with van der Waals surface area (Å²) in [6, 6.07) is 6.29. The van der Waals surface area contributed by atoms with Gasteiger partial charge in [0.25, 0.3) is 0 Å². The first kappa shape index (κ1) is 6.09. The van der Waals surface area contributed by atoms with Crippen molar-refractivity contribution in [2.24, 2.45) is 0 Å². The van der Waals surface area contributed by atoms with Gasteiger partial charge in [-0.05, 0) is 24.3 Å². The smallest absolute Gasteiger partial charge is 0.346 e. The molecule has 0 fully saturated rings. The molecule has 2 aromatic heterocycles. The first-order valence-electron chi connectivity index (χ1n) is 3.14. The molecule has 0 aliphatic carbocycles. The second kappa shape index (κ2) is 1.92. The quantitative estimate of drug-likeness (QED) is 0.549. The summed E-state index contributed by atoms with van der Waals surface area (Å²) in [5, 5.41) is 0.833. The minimum absolute atomic E-state index is 0.416. The highest BCUT2D eigenvalue weighted by Crippen LogP contribution is 1.99. The lowest BCUT2D eigenvalue weighted by atomic mass is 10.2. The molecule has 0 aliphatic heterocycles. The number of fused-ring (bicyclic) bond motifs is 4. The molecule has 11 heavy (non-hydrogen) atoms. The molecule has 0 aliphatic rings. The molecule has 3 heteroatoms. The van der Waals surface area contributed by atoms with Crippen molar-refractivity contribution >= 4 is 10.8 Å². The van der Waals surface area contributed by atoms with Crippen LogP contribution >= 0.6 is 0 Å². The highest BCUT2D eigenvalue weighted by molar-refractivity contribution is 5.61. The Morgan fingerprint density at radius 2 is 1.18 bits per heavy atom. The first-order chi connectivity index (χ1) is 5.27. The summed E-state index contributed by atoms with van der Waals surface area (Å²) in [5.41, 5.74) is -1.15. The van der Waals surface area contributed by atoms with Gasteiger partial charge in [0.15, 0.2) is 0 Å². The van der Waals surface area contributed by atoms with Crippen molar-refractivity contribution in [3.63, 3.8) is 0 Å². The average Bonchev–Trinajstić information content (AvgIpc) is 2.22. The minimum atomic E-state index is -0.574. The summed E-state index contributed by atoms with van der Waals surface area (Å²) in [7, 11) is 0. The zero-order valence-electron chi connectivity index (χ0n) is 5.53. The van der Waals surface area contributed by atoms with Gasteiger partial charge in [-0.1, -0.05) is 0 Å². The fourth-order valence-corrected chi connectivity index (χ4v) is 0.944. The van der Waals surface area contributed by atoms with Crippen LogP contribution in [0.3, 0.4) is 0 Å². The Balaban J connectivity index is 3.27. The molecule has 3 aromatic rings. The maximum atomic E-state index is 10.9. The minimum Gasteiger partial charge on any atom is -0.386 e. The van der Waals surface area contributed by atoms with Crippen LogP contribution in [0.25, 0.3) is 10.8 Å². The molecular formula is C8H4O3. The molecule has 1 aromatic carbocycles. The molecule has 0 spiro atoms. The first-order valence-corrected chi connectivity index (χ1v) is 3.14. The molecule has 0 atom stereocenters. The molecule has 0 N–H and O–H groups in total. The molecule has 2 bridgehead atoms. The van der Waals surface area contributed by atoms with E-state index < -0.39 is 11.3 Å². The highest BCUT2D eigenvalue weighted by Gasteiger charge is 1.98. The van der Waals surface area contributed by atoms with Gasteiger partial charge >= 0.3 is 11.3 Å². The van der Waals surface area contributed by atoms with Gasteiger partial charge in [-0.25, -0.2) is 9.59 Å². The van der Waals surface area contributed by atoms with Crippen LogP contribution in [-0.2, 0) is 0 Å². The van der Waals surface area contributed by atoms with E-state index >= 15 is 0 Å². The fraction of sp³-hybridized carbons (Fsp3) is 0. The van der Waals surface area contributed by atoms with Crippen LogP contribution < -0.4 is 11.3 Å². The lowest BCUT2D eigenvalue weighted by Crippen LogP contribution is -2.02. The molecule has 3 rings (SSSR count). The molecule has 2 heterocycles. The van der Waals surface area contributed by atoms with E-state index in [2.05, 4.69) is 4.42 Å². The summed E-state index contributed by atoms with van der Waals surface area (Å²) >= 11 is 0. The second-order valence-corrected chi connectivity index (χ2v) is 2.25. The maximum absolute atomic E-state index is 10.9. The third kappa shape index (κ3) is 0.816. The zero-order chi connectivity index (χ0) is 7.84. The van der Waals surface area contributed by atoms with Crippen LogP contribution in [-0.4, -0.2) is 0 Å². The SMILES string of the molecule is O=c1oc(=O)c2ccc1cc2. The normalized spacial score (nSPS) is 10.5. The van der Waals surface area contributed by atoms with Crippen molar-refractivity contribution in [3.05, 3.63) is 45.1 Å². The second-order valence-electron chi connectivity index (χ2n) is 2.25. The predicted molar refractivity (Wildman–Crippen MR) is 39.9 cm³/mol. The van der Waals surface area contributed by atoms with Crippen LogP contribution in [0.2, 0.25) is 0 Å². The van der Waals surface area contributed by atoms with Crippen LogP contribution in [0, 0.1) is 0 Å². The standard InChI is InChI=1S/C8H4O3/c9-7-5-1-2-6(4-3-5)8(10)11-7/h1-4H. The van der Waals surface area contributed by atoms with Gasteiger partial charge in [0.1, 0.15) is 0 Å². The van der Waals surface area contributed by atoms with Crippen LogP contribution in [0.4, 0.5) is 0 Å². The van der Waals surface area contributed by atoms with Gasteiger partial charge in [0, 0.05) is 0 Å². The van der Waals surface area contributed by atoms with Gasteiger partial charge in [-0.2, -0.15) is 0 Å². The zero-order valence-corrected chi connectivity index (χ0v) is 5.53. The van der Waals surface area contributed by atoms with Crippen molar-refractivity contribution in [2.75, 3.05) is 0 Å². The lowest BCUT2D eigenvalue weighted by Gasteiger charge is -1.77. The van der Waals surface area contributed by atoms with E-state index in [-0.39, 0.29) is 0 Å². The molecule has 0 saturated heterocycles. The van der Waals surface area contributed by atoms with Crippen molar-refractivity contribution in [1.29, 1.82) is 0 Å². The largest absolute Gasteiger partial charge is 0.386 e. The Hall–Kier alpha value is -1.64. The van der Waals surface area contributed by atoms with Crippen molar-refractivity contribution in [3.8, 4) is 0 Å². The Morgan fingerprint density at radius 1 is 0.818 bits per heavy atom. The van der Waals surface area contributed by atoms with Gasteiger partial charge in [-0.15, -0.1) is 0 Å². The third-order valence-corrected chi connectivity index (χ3v) is 1.54. The van der Waals surface area contributed by atoms with Gasteiger partial charge < -0.3 is 4.42 Å². The predicted octanol–water partition coefficient (Wildman–Crippen LogP) is 0.591. The molecular weight excluding hydrogens is 144 g/mol. The van der Waals surface area contributed by atoms with E-state index in [1.165, 1.54) is 0 Å². The van der Waals surface area contributed by atoms with Gasteiger partial charge in [0.05, 0.1) is 10.8 Å². The summed E-state index contributed by atoms with van der Waals surface area (Å²) in [5.74, 6) is 0. The van der Waals surface area contributed by atoms with E-state index in [1.807, 2.05) is 0 Å². The molecule has 0 amide bonds. The summed E-state index contributed by atoms with van der Waals surface area (Å²) < 4.78 is 4.42. The van der Waals surface area contributed by atoms with E-state index in [0.29, 0.717) is 10.8 Å².